The highest BCUT2D eigenvalue weighted by molar-refractivity contribution is 9.13. The van der Waals surface area contributed by atoms with Crippen molar-refractivity contribution in [3.63, 3.8) is 0 Å². The van der Waals surface area contributed by atoms with Gasteiger partial charge in [0.1, 0.15) is 0 Å². The molecule has 0 aliphatic rings. The summed E-state index contributed by atoms with van der Waals surface area (Å²) in [6, 6.07) is 29.6. The van der Waals surface area contributed by atoms with E-state index in [1.54, 1.807) is 0 Å². The van der Waals surface area contributed by atoms with Crippen LogP contribution >= 0.6 is 31.9 Å². The maximum absolute atomic E-state index is 3.84. The molecule has 0 spiro atoms. The fraction of sp³-hybridized carbons (Fsp3) is 0. The largest absolute Gasteiger partial charge is 0.0622 e. The first-order valence-electron chi connectivity index (χ1n) is 7.78. The molecule has 0 N–H and O–H groups in total. The summed E-state index contributed by atoms with van der Waals surface area (Å²) in [6.45, 7) is 0. The monoisotopic (exact) mass is 436 g/mol. The molecule has 0 heterocycles. The van der Waals surface area contributed by atoms with Gasteiger partial charge in [-0.2, -0.15) is 0 Å². The van der Waals surface area contributed by atoms with Gasteiger partial charge >= 0.3 is 0 Å². The molecule has 0 saturated heterocycles. The normalized spacial score (nSPS) is 10.9. The Balaban J connectivity index is 2.14. The average Bonchev–Trinajstić information content (AvgIpc) is 2.64. The maximum atomic E-state index is 3.84. The molecule has 116 valence electrons. The Morgan fingerprint density at radius 3 is 1.12 bits per heavy atom. The van der Waals surface area contributed by atoms with Gasteiger partial charge in [-0.3, -0.25) is 0 Å². The summed E-state index contributed by atoms with van der Waals surface area (Å²) in [7, 11) is 0. The second kappa shape index (κ2) is 6.54. The summed E-state index contributed by atoms with van der Waals surface area (Å²) in [5.74, 6) is 0. The molecule has 0 amide bonds. The lowest BCUT2D eigenvalue weighted by Crippen LogP contribution is -1.90. The predicted molar refractivity (Wildman–Crippen MR) is 110 cm³/mol. The molecule has 0 unspecified atom stereocenters. The zero-order valence-corrected chi connectivity index (χ0v) is 16.0. The zero-order valence-electron chi connectivity index (χ0n) is 12.8. The molecule has 4 rings (SSSR count). The van der Waals surface area contributed by atoms with Crippen molar-refractivity contribution >= 4 is 42.6 Å². The Morgan fingerprint density at radius 2 is 0.750 bits per heavy atom. The molecule has 0 saturated carbocycles. The Hall–Kier alpha value is -1.90. The minimum absolute atomic E-state index is 1.09. The second-order valence-corrected chi connectivity index (χ2v) is 7.24. The molecule has 2 heteroatoms. The van der Waals surface area contributed by atoms with Gasteiger partial charge in [0, 0.05) is 20.1 Å². The van der Waals surface area contributed by atoms with Gasteiger partial charge in [0.2, 0.25) is 0 Å². The van der Waals surface area contributed by atoms with Gasteiger partial charge < -0.3 is 0 Å². The zero-order chi connectivity index (χ0) is 16.5. The minimum Gasteiger partial charge on any atom is -0.0622 e. The van der Waals surface area contributed by atoms with Crippen LogP contribution in [0.15, 0.2) is 93.9 Å². The number of halogens is 2. The predicted octanol–water partition coefficient (Wildman–Crippen LogP) is 7.70. The fourth-order valence-corrected chi connectivity index (χ4v) is 4.43. The molecule has 24 heavy (non-hydrogen) atoms. The highest BCUT2D eigenvalue weighted by Crippen LogP contribution is 2.46. The van der Waals surface area contributed by atoms with Crippen LogP contribution in [-0.2, 0) is 0 Å². The summed E-state index contributed by atoms with van der Waals surface area (Å²) in [6.07, 6.45) is 0. The smallest absolute Gasteiger partial charge is 0.0408 e. The van der Waals surface area contributed by atoms with E-state index in [-0.39, 0.29) is 0 Å². The molecule has 0 radical (unpaired) electrons. The lowest BCUT2D eigenvalue weighted by molar-refractivity contribution is 1.56. The van der Waals surface area contributed by atoms with E-state index < -0.39 is 0 Å². The third-order valence-electron chi connectivity index (χ3n) is 4.22. The molecule has 0 aromatic heterocycles. The summed E-state index contributed by atoms with van der Waals surface area (Å²) >= 11 is 7.68. The van der Waals surface area contributed by atoms with Gasteiger partial charge in [-0.1, -0.05) is 84.9 Å². The summed E-state index contributed by atoms with van der Waals surface area (Å²) in [4.78, 5) is 0. The van der Waals surface area contributed by atoms with Crippen LogP contribution in [0.3, 0.4) is 0 Å². The number of hydrogen-bond acceptors (Lipinski definition) is 0. The number of benzene rings is 4. The molecule has 0 nitrogen and oxygen atoms in total. The Kier molecular flexibility index (Phi) is 4.26. The van der Waals surface area contributed by atoms with Gasteiger partial charge in [0.25, 0.3) is 0 Å². The van der Waals surface area contributed by atoms with Crippen LogP contribution in [0.1, 0.15) is 0 Å². The number of hydrogen-bond donors (Lipinski definition) is 0. The van der Waals surface area contributed by atoms with E-state index in [9.17, 15) is 0 Å². The van der Waals surface area contributed by atoms with Crippen LogP contribution in [0, 0.1) is 0 Å². The SMILES string of the molecule is Brc1c(Br)c(-c2ccccc2)c2ccccc2c1-c1ccccc1. The van der Waals surface area contributed by atoms with E-state index in [2.05, 4.69) is 105 Å². The van der Waals surface area contributed by atoms with Crippen LogP contribution in [0.2, 0.25) is 0 Å². The highest BCUT2D eigenvalue weighted by atomic mass is 79.9. The number of fused-ring (bicyclic) bond motifs is 1. The topological polar surface area (TPSA) is 0 Å². The highest BCUT2D eigenvalue weighted by Gasteiger charge is 2.18. The van der Waals surface area contributed by atoms with Crippen molar-refractivity contribution in [1.29, 1.82) is 0 Å². The lowest BCUT2D eigenvalue weighted by Gasteiger charge is -2.17. The van der Waals surface area contributed by atoms with E-state index >= 15 is 0 Å². The van der Waals surface area contributed by atoms with Crippen LogP contribution in [-0.4, -0.2) is 0 Å². The molecule has 0 aliphatic heterocycles. The van der Waals surface area contributed by atoms with Crippen molar-refractivity contribution in [1.82, 2.24) is 0 Å². The van der Waals surface area contributed by atoms with E-state index in [0.717, 1.165) is 8.95 Å². The van der Waals surface area contributed by atoms with Crippen LogP contribution in [0.4, 0.5) is 0 Å². The van der Waals surface area contributed by atoms with E-state index in [1.165, 1.54) is 33.0 Å². The van der Waals surface area contributed by atoms with Gasteiger partial charge in [-0.15, -0.1) is 0 Å². The van der Waals surface area contributed by atoms with E-state index in [4.69, 9.17) is 0 Å². The summed E-state index contributed by atoms with van der Waals surface area (Å²) < 4.78 is 2.18. The molecule has 4 aromatic rings. The molecule has 4 aromatic carbocycles. The molecule has 0 atom stereocenters. The fourth-order valence-electron chi connectivity index (χ4n) is 3.15. The van der Waals surface area contributed by atoms with E-state index in [1.807, 2.05) is 12.1 Å². The van der Waals surface area contributed by atoms with Crippen molar-refractivity contribution in [3.05, 3.63) is 93.9 Å². The first-order valence-corrected chi connectivity index (χ1v) is 9.36. The summed E-state index contributed by atoms with van der Waals surface area (Å²) in [5, 5.41) is 2.50. The molecule has 0 fully saturated rings. The van der Waals surface area contributed by atoms with Gasteiger partial charge in [-0.25, -0.2) is 0 Å². The first-order chi connectivity index (χ1) is 11.8. The first kappa shape index (κ1) is 15.6. The van der Waals surface area contributed by atoms with Crippen molar-refractivity contribution in [2.75, 3.05) is 0 Å². The third kappa shape index (κ3) is 2.60. The van der Waals surface area contributed by atoms with Gasteiger partial charge in [0.15, 0.2) is 0 Å². The molecule has 0 bridgehead atoms. The Morgan fingerprint density at radius 1 is 0.417 bits per heavy atom. The summed E-state index contributed by atoms with van der Waals surface area (Å²) in [5.41, 5.74) is 4.86. The van der Waals surface area contributed by atoms with Crippen molar-refractivity contribution in [3.8, 4) is 22.3 Å². The maximum Gasteiger partial charge on any atom is 0.0408 e. The van der Waals surface area contributed by atoms with Crippen LogP contribution in [0.5, 0.6) is 0 Å². The molecule has 0 aliphatic carbocycles. The second-order valence-electron chi connectivity index (χ2n) is 5.66. The van der Waals surface area contributed by atoms with Crippen molar-refractivity contribution < 1.29 is 0 Å². The lowest BCUT2D eigenvalue weighted by atomic mass is 9.92. The number of rotatable bonds is 2. The van der Waals surface area contributed by atoms with Crippen molar-refractivity contribution in [2.24, 2.45) is 0 Å². The Labute approximate surface area is 158 Å². The third-order valence-corrected chi connectivity index (χ3v) is 6.34. The van der Waals surface area contributed by atoms with Gasteiger partial charge in [0.05, 0.1) is 0 Å². The average molecular weight is 438 g/mol. The Bertz CT molecular complexity index is 922. The quantitative estimate of drug-likeness (QED) is 0.301. The molecular weight excluding hydrogens is 424 g/mol. The van der Waals surface area contributed by atoms with Gasteiger partial charge in [-0.05, 0) is 53.8 Å². The van der Waals surface area contributed by atoms with Crippen LogP contribution < -0.4 is 0 Å². The standard InChI is InChI=1S/C22H14Br2/c23-21-19(15-9-3-1-4-10-15)17-13-7-8-14-18(17)20(22(21)24)16-11-5-2-6-12-16/h1-14H. The minimum atomic E-state index is 1.09. The molecular formula is C22H14Br2. The van der Waals surface area contributed by atoms with Crippen molar-refractivity contribution in [2.45, 2.75) is 0 Å². The van der Waals surface area contributed by atoms with E-state index in [0.29, 0.717) is 0 Å². The van der Waals surface area contributed by atoms with Crippen LogP contribution in [0.25, 0.3) is 33.0 Å².